The molecular formula is C47H63N3O5. The number of nitrogens with two attached hydrogens (primary N) is 1. The van der Waals surface area contributed by atoms with E-state index in [1.807, 2.05) is 24.3 Å². The van der Waals surface area contributed by atoms with Crippen molar-refractivity contribution < 1.29 is 24.2 Å². The lowest BCUT2D eigenvalue weighted by atomic mass is 9.90. The van der Waals surface area contributed by atoms with Crippen LogP contribution in [-0.4, -0.2) is 72.1 Å². The van der Waals surface area contributed by atoms with Crippen molar-refractivity contribution in [2.45, 2.75) is 90.8 Å². The van der Waals surface area contributed by atoms with Gasteiger partial charge in [-0.3, -0.25) is 14.6 Å². The minimum Gasteiger partial charge on any atom is -0.486 e. The van der Waals surface area contributed by atoms with E-state index in [0.29, 0.717) is 36.2 Å². The van der Waals surface area contributed by atoms with E-state index in [9.17, 15) is 9.59 Å². The molecule has 2 aliphatic heterocycles. The fourth-order valence-corrected chi connectivity index (χ4v) is 7.07. The van der Waals surface area contributed by atoms with Crippen LogP contribution in [0, 0.1) is 5.92 Å². The monoisotopic (exact) mass is 749 g/mol. The molecule has 296 valence electrons. The van der Waals surface area contributed by atoms with Crippen LogP contribution in [0.4, 0.5) is 0 Å². The number of benzene rings is 4. The Labute approximate surface area is 329 Å². The number of carbonyl (C=O) groups is 2. The van der Waals surface area contributed by atoms with Crippen LogP contribution >= 0.6 is 0 Å². The predicted octanol–water partition coefficient (Wildman–Crippen LogP) is 8.94. The first kappa shape index (κ1) is 43.2. The van der Waals surface area contributed by atoms with Crippen LogP contribution in [0.15, 0.2) is 109 Å². The third-order valence-electron chi connectivity index (χ3n) is 10.8. The van der Waals surface area contributed by atoms with Gasteiger partial charge in [0.05, 0.1) is 0 Å². The summed E-state index contributed by atoms with van der Waals surface area (Å²) >= 11 is 0. The topological polar surface area (TPSA) is 105 Å². The number of carboxylic acids is 1. The van der Waals surface area contributed by atoms with E-state index in [1.165, 1.54) is 22.3 Å². The number of hydrogen-bond donors (Lipinski definition) is 2. The average molecular weight is 750 g/mol. The molecule has 4 aromatic rings. The summed E-state index contributed by atoms with van der Waals surface area (Å²) in [6.07, 6.45) is 7.08. The number of piperidine rings is 2. The third kappa shape index (κ3) is 15.3. The summed E-state index contributed by atoms with van der Waals surface area (Å²) in [5.74, 6) is 1.12. The second kappa shape index (κ2) is 23.4. The number of ether oxygens (including phenoxy) is 2. The Morgan fingerprint density at radius 2 is 1.04 bits per heavy atom. The molecule has 0 radical (unpaired) electrons. The first-order valence-electron chi connectivity index (χ1n) is 20.2. The summed E-state index contributed by atoms with van der Waals surface area (Å²) in [5, 5.41) is 8.35. The van der Waals surface area contributed by atoms with Gasteiger partial charge in [0.15, 0.2) is 12.4 Å². The van der Waals surface area contributed by atoms with E-state index >= 15 is 0 Å². The van der Waals surface area contributed by atoms with Crippen LogP contribution in [0.5, 0.6) is 11.5 Å². The van der Waals surface area contributed by atoms with E-state index < -0.39 is 5.97 Å². The Kier molecular flexibility index (Phi) is 18.4. The highest BCUT2D eigenvalue weighted by Crippen LogP contribution is 2.28. The van der Waals surface area contributed by atoms with Gasteiger partial charge < -0.3 is 20.3 Å². The minimum atomic E-state index is -0.959. The van der Waals surface area contributed by atoms with Crippen LogP contribution in [0.25, 0.3) is 0 Å². The molecule has 6 rings (SSSR count). The third-order valence-corrected chi connectivity index (χ3v) is 10.8. The second-order valence-electron chi connectivity index (χ2n) is 14.7. The Morgan fingerprint density at radius 3 is 1.44 bits per heavy atom. The molecule has 0 spiro atoms. The molecule has 2 saturated heterocycles. The summed E-state index contributed by atoms with van der Waals surface area (Å²) in [6, 6.07) is 38.2. The molecule has 4 aromatic carbocycles. The number of aliphatic carboxylic acids is 1. The van der Waals surface area contributed by atoms with Crippen molar-refractivity contribution in [3.05, 3.63) is 131 Å². The number of nitrogens with zero attached hydrogens (tertiary/aromatic N) is 2. The maximum absolute atomic E-state index is 12.3. The molecule has 0 aliphatic carbocycles. The highest BCUT2D eigenvalue weighted by Gasteiger charge is 2.25. The first-order valence-corrected chi connectivity index (χ1v) is 20.2. The molecule has 2 unspecified atom stereocenters. The highest BCUT2D eigenvalue weighted by atomic mass is 16.5. The van der Waals surface area contributed by atoms with Crippen LogP contribution < -0.4 is 15.2 Å². The second-order valence-corrected chi connectivity index (χ2v) is 14.7. The zero-order valence-electron chi connectivity index (χ0n) is 33.4. The zero-order chi connectivity index (χ0) is 39.4. The molecule has 2 atom stereocenters. The highest BCUT2D eigenvalue weighted by molar-refractivity contribution is 5.80. The number of carbonyl (C=O) groups excluding carboxylic acids is 1. The van der Waals surface area contributed by atoms with Crippen LogP contribution in [-0.2, 0) is 22.4 Å². The van der Waals surface area contributed by atoms with Gasteiger partial charge >= 0.3 is 5.97 Å². The standard InChI is InChI=1S/C24H31NO2.C13H20N2.C10H12O3/c1-3-20-9-11-24(12-10-20)27-18-23(26)17-21-13-15-25(16-14-21)19(2)22-7-5-4-6-8-22;1-11(12-5-3-2-4-6-12)15-9-7-13(14)8-10-15;1-2-8-3-5-9(6-4-8)13-7-10(11)12/h4-12,19,21H,3,13-18H2,1-2H3;2-6,11,13H,7-10,14H2,1H3;3-6H,2,7H2,1H3,(H,11,12). The van der Waals surface area contributed by atoms with Crippen LogP contribution in [0.1, 0.15) is 94.1 Å². The van der Waals surface area contributed by atoms with Gasteiger partial charge in [0.1, 0.15) is 18.1 Å². The molecule has 3 N–H and O–H groups in total. The first-order chi connectivity index (χ1) is 26.6. The van der Waals surface area contributed by atoms with Gasteiger partial charge in [0.25, 0.3) is 0 Å². The lowest BCUT2D eigenvalue weighted by molar-refractivity contribution is -0.139. The van der Waals surface area contributed by atoms with Gasteiger partial charge in [-0.05, 0) is 118 Å². The van der Waals surface area contributed by atoms with Crippen molar-refractivity contribution in [1.29, 1.82) is 0 Å². The molecule has 0 amide bonds. The van der Waals surface area contributed by atoms with Crippen LogP contribution in [0.2, 0.25) is 0 Å². The summed E-state index contributed by atoms with van der Waals surface area (Å²) < 4.78 is 10.6. The quantitative estimate of drug-likeness (QED) is 0.132. The van der Waals surface area contributed by atoms with Crippen molar-refractivity contribution in [3.63, 3.8) is 0 Å². The molecule has 55 heavy (non-hydrogen) atoms. The van der Waals surface area contributed by atoms with Gasteiger partial charge in [-0.1, -0.05) is 98.8 Å². The Balaban J connectivity index is 0.000000202. The fourth-order valence-electron chi connectivity index (χ4n) is 7.07. The van der Waals surface area contributed by atoms with Crippen molar-refractivity contribution >= 4 is 11.8 Å². The van der Waals surface area contributed by atoms with Crippen LogP contribution in [0.3, 0.4) is 0 Å². The maximum Gasteiger partial charge on any atom is 0.341 e. The van der Waals surface area contributed by atoms with E-state index in [1.54, 1.807) is 12.1 Å². The van der Waals surface area contributed by atoms with E-state index in [-0.39, 0.29) is 19.0 Å². The van der Waals surface area contributed by atoms with Crippen molar-refractivity contribution in [2.24, 2.45) is 11.7 Å². The lowest BCUT2D eigenvalue weighted by Gasteiger charge is -2.36. The number of likely N-dealkylation sites (tertiary alicyclic amines) is 2. The maximum atomic E-state index is 12.3. The molecule has 0 aromatic heterocycles. The van der Waals surface area contributed by atoms with Crippen molar-refractivity contribution in [3.8, 4) is 11.5 Å². The SMILES string of the molecule is CC(c1ccccc1)N1CCC(N)CC1.CCc1ccc(OCC(=O)CC2CCN(C(C)c3ccccc3)CC2)cc1.CCc1ccc(OCC(=O)O)cc1. The smallest absolute Gasteiger partial charge is 0.341 e. The molecule has 2 fully saturated rings. The van der Waals surface area contributed by atoms with Gasteiger partial charge in [-0.15, -0.1) is 0 Å². The normalized spacial score (nSPS) is 16.4. The molecule has 0 bridgehead atoms. The van der Waals surface area contributed by atoms with Crippen molar-refractivity contribution in [2.75, 3.05) is 39.4 Å². The number of ketones is 1. The number of carboxylic acid groups (broad SMARTS) is 1. The number of rotatable bonds is 14. The summed E-state index contributed by atoms with van der Waals surface area (Å²) in [6.45, 7) is 13.1. The molecule has 0 saturated carbocycles. The predicted molar refractivity (Wildman–Crippen MR) is 223 cm³/mol. The summed E-state index contributed by atoms with van der Waals surface area (Å²) in [7, 11) is 0. The molecule has 2 aliphatic rings. The molecular weight excluding hydrogens is 687 g/mol. The van der Waals surface area contributed by atoms with Gasteiger partial charge in [-0.2, -0.15) is 0 Å². The fraction of sp³-hybridized carbons (Fsp3) is 0.447. The largest absolute Gasteiger partial charge is 0.486 e. The molecule has 8 heteroatoms. The number of hydrogen-bond acceptors (Lipinski definition) is 7. The number of aryl methyl sites for hydroxylation is 2. The Bertz CT molecular complexity index is 1650. The molecule has 2 heterocycles. The van der Waals surface area contributed by atoms with Gasteiger partial charge in [-0.25, -0.2) is 4.79 Å². The van der Waals surface area contributed by atoms with Gasteiger partial charge in [0.2, 0.25) is 0 Å². The summed E-state index contributed by atoms with van der Waals surface area (Å²) in [4.78, 5) is 27.5. The molecule has 8 nitrogen and oxygen atoms in total. The van der Waals surface area contributed by atoms with E-state index in [2.05, 4.69) is 110 Å². The van der Waals surface area contributed by atoms with E-state index in [4.69, 9.17) is 20.3 Å². The Hall–Kier alpha value is -4.50. The van der Waals surface area contributed by atoms with Crippen molar-refractivity contribution in [1.82, 2.24) is 9.80 Å². The zero-order valence-corrected chi connectivity index (χ0v) is 33.4. The number of Topliss-reactive ketones (excluding diaryl/α,β-unsaturated/α-hetero) is 1. The van der Waals surface area contributed by atoms with E-state index in [0.717, 1.165) is 70.5 Å². The lowest BCUT2D eigenvalue weighted by Crippen LogP contribution is -2.40. The Morgan fingerprint density at radius 1 is 0.636 bits per heavy atom. The van der Waals surface area contributed by atoms with Gasteiger partial charge in [0, 0.05) is 37.6 Å². The average Bonchev–Trinajstić information content (AvgIpc) is 3.23. The minimum absolute atomic E-state index is 0.187. The summed E-state index contributed by atoms with van der Waals surface area (Å²) in [5.41, 5.74) is 11.2.